The van der Waals surface area contributed by atoms with Gasteiger partial charge in [0.25, 0.3) is 10.1 Å². The van der Waals surface area contributed by atoms with Gasteiger partial charge in [-0.3, -0.25) is 4.55 Å². The Morgan fingerprint density at radius 1 is 1.13 bits per heavy atom. The van der Waals surface area contributed by atoms with E-state index in [0.29, 0.717) is 0 Å². The molecule has 1 rings (SSSR count). The van der Waals surface area contributed by atoms with E-state index < -0.39 is 42.9 Å². The van der Waals surface area contributed by atoms with Crippen LogP contribution in [0.4, 0.5) is 13.2 Å². The minimum Gasteiger partial charge on any atom is -0.282 e. The molecule has 0 spiro atoms. The Balaban J connectivity index is 3.84. The smallest absolute Gasteiger partial charge is 0.282 e. The van der Waals surface area contributed by atoms with Gasteiger partial charge in [-0.15, -0.1) is 12.6 Å². The van der Waals surface area contributed by atoms with Gasteiger partial charge in [0.2, 0.25) is 0 Å². The van der Waals surface area contributed by atoms with Gasteiger partial charge in [-0.1, -0.05) is 0 Å². The highest BCUT2D eigenvalue weighted by Crippen LogP contribution is 2.30. The Morgan fingerprint density at radius 3 is 2.00 bits per heavy atom. The first-order valence-corrected chi connectivity index (χ1v) is 5.40. The molecule has 15 heavy (non-hydrogen) atoms. The zero-order valence-corrected chi connectivity index (χ0v) is 8.96. The average molecular weight is 258 g/mol. The standard InChI is InChI=1S/C7H5F3O3S2/c1-2-3(8)5(10)7(15(11,12)13)6(14)4(2)9/h14H,1H3,(H,11,12,13). The highest BCUT2D eigenvalue weighted by atomic mass is 32.2. The predicted octanol–water partition coefficient (Wildman–Crippen LogP) is 1.95. The lowest BCUT2D eigenvalue weighted by Crippen LogP contribution is -2.09. The summed E-state index contributed by atoms with van der Waals surface area (Å²) in [7, 11) is -5.06. The van der Waals surface area contributed by atoms with E-state index in [1.54, 1.807) is 0 Å². The topological polar surface area (TPSA) is 54.4 Å². The normalized spacial score (nSPS) is 11.9. The lowest BCUT2D eigenvalue weighted by molar-refractivity contribution is 0.429. The van der Waals surface area contributed by atoms with Gasteiger partial charge in [0.15, 0.2) is 11.6 Å². The van der Waals surface area contributed by atoms with Crippen molar-refractivity contribution in [2.75, 3.05) is 0 Å². The lowest BCUT2D eigenvalue weighted by Gasteiger charge is -2.08. The zero-order chi connectivity index (χ0) is 12.0. The Morgan fingerprint density at radius 2 is 1.60 bits per heavy atom. The van der Waals surface area contributed by atoms with Gasteiger partial charge < -0.3 is 0 Å². The van der Waals surface area contributed by atoms with Gasteiger partial charge in [-0.2, -0.15) is 8.42 Å². The first kappa shape index (κ1) is 12.3. The molecule has 0 fully saturated rings. The molecule has 0 saturated carbocycles. The van der Waals surface area contributed by atoms with Crippen LogP contribution in [0.3, 0.4) is 0 Å². The van der Waals surface area contributed by atoms with Crippen LogP contribution in [-0.4, -0.2) is 13.0 Å². The molecule has 0 saturated heterocycles. The van der Waals surface area contributed by atoms with Gasteiger partial charge in [0.1, 0.15) is 10.7 Å². The quantitative estimate of drug-likeness (QED) is 0.460. The minimum atomic E-state index is -5.06. The molecule has 0 aliphatic heterocycles. The van der Waals surface area contributed by atoms with Crippen molar-refractivity contribution in [2.24, 2.45) is 0 Å². The van der Waals surface area contributed by atoms with Crippen LogP contribution in [0.1, 0.15) is 5.56 Å². The Labute approximate surface area is 89.1 Å². The molecule has 8 heteroatoms. The van der Waals surface area contributed by atoms with E-state index >= 15 is 0 Å². The predicted molar refractivity (Wildman–Crippen MR) is 48.1 cm³/mol. The number of thiol groups is 1. The van der Waals surface area contributed by atoms with Crippen LogP contribution in [0.5, 0.6) is 0 Å². The van der Waals surface area contributed by atoms with Crippen molar-refractivity contribution in [2.45, 2.75) is 16.7 Å². The van der Waals surface area contributed by atoms with Crippen molar-refractivity contribution in [3.05, 3.63) is 23.0 Å². The van der Waals surface area contributed by atoms with Crippen LogP contribution < -0.4 is 0 Å². The van der Waals surface area contributed by atoms with Crippen LogP contribution in [0.2, 0.25) is 0 Å². The van der Waals surface area contributed by atoms with Crippen LogP contribution in [0.25, 0.3) is 0 Å². The summed E-state index contributed by atoms with van der Waals surface area (Å²) >= 11 is 3.37. The fraction of sp³-hybridized carbons (Fsp3) is 0.143. The number of rotatable bonds is 1. The SMILES string of the molecule is Cc1c(F)c(F)c(S(=O)(=O)O)c(S)c1F. The van der Waals surface area contributed by atoms with Crippen LogP contribution >= 0.6 is 12.6 Å². The van der Waals surface area contributed by atoms with Crippen molar-refractivity contribution < 1.29 is 26.1 Å². The third-order valence-electron chi connectivity index (χ3n) is 1.73. The van der Waals surface area contributed by atoms with Crippen molar-refractivity contribution in [1.82, 2.24) is 0 Å². The molecule has 0 radical (unpaired) electrons. The fourth-order valence-corrected chi connectivity index (χ4v) is 2.24. The maximum atomic E-state index is 13.1. The molecule has 0 bridgehead atoms. The van der Waals surface area contributed by atoms with Crippen molar-refractivity contribution in [1.29, 1.82) is 0 Å². The molecule has 0 amide bonds. The summed E-state index contributed by atoms with van der Waals surface area (Å²) in [5.41, 5.74) is -0.704. The van der Waals surface area contributed by atoms with Gasteiger partial charge in [-0.05, 0) is 6.92 Å². The second kappa shape index (κ2) is 3.69. The molecule has 0 heterocycles. The van der Waals surface area contributed by atoms with Crippen molar-refractivity contribution >= 4 is 22.7 Å². The van der Waals surface area contributed by atoms with E-state index in [4.69, 9.17) is 4.55 Å². The monoisotopic (exact) mass is 258 g/mol. The zero-order valence-electron chi connectivity index (χ0n) is 7.25. The lowest BCUT2D eigenvalue weighted by atomic mass is 10.2. The molecule has 84 valence electrons. The number of halogens is 3. The second-order valence-electron chi connectivity index (χ2n) is 2.72. The first-order chi connectivity index (χ1) is 6.68. The highest BCUT2D eigenvalue weighted by molar-refractivity contribution is 7.87. The van der Waals surface area contributed by atoms with Gasteiger partial charge in [0, 0.05) is 5.56 Å². The van der Waals surface area contributed by atoms with Gasteiger partial charge in [0.05, 0.1) is 4.90 Å². The van der Waals surface area contributed by atoms with Gasteiger partial charge >= 0.3 is 0 Å². The summed E-state index contributed by atoms with van der Waals surface area (Å²) in [5.74, 6) is -4.84. The molecular formula is C7H5F3O3S2. The Kier molecular flexibility index (Phi) is 3.04. The number of benzene rings is 1. The summed E-state index contributed by atoms with van der Waals surface area (Å²) in [6.45, 7) is 0.918. The van der Waals surface area contributed by atoms with E-state index in [2.05, 4.69) is 12.6 Å². The molecule has 1 N–H and O–H groups in total. The first-order valence-electron chi connectivity index (χ1n) is 3.51. The molecule has 1 aromatic carbocycles. The molecule has 0 unspecified atom stereocenters. The Bertz CT molecular complexity index is 496. The Hall–Kier alpha value is -0.730. The van der Waals surface area contributed by atoms with Crippen molar-refractivity contribution in [3.8, 4) is 0 Å². The van der Waals surface area contributed by atoms with E-state index in [9.17, 15) is 21.6 Å². The molecule has 0 aliphatic carbocycles. The molecule has 0 aromatic heterocycles. The van der Waals surface area contributed by atoms with Crippen LogP contribution in [-0.2, 0) is 10.1 Å². The van der Waals surface area contributed by atoms with Gasteiger partial charge in [-0.25, -0.2) is 13.2 Å². The molecule has 3 nitrogen and oxygen atoms in total. The van der Waals surface area contributed by atoms with E-state index in [-0.39, 0.29) is 0 Å². The van der Waals surface area contributed by atoms with Crippen molar-refractivity contribution in [3.63, 3.8) is 0 Å². The number of hydrogen-bond acceptors (Lipinski definition) is 3. The maximum absolute atomic E-state index is 13.1. The fourth-order valence-electron chi connectivity index (χ4n) is 0.977. The summed E-state index contributed by atoms with van der Waals surface area (Å²) in [5, 5.41) is 0. The average Bonchev–Trinajstić information content (AvgIpc) is 2.09. The maximum Gasteiger partial charge on any atom is 0.298 e. The summed E-state index contributed by atoms with van der Waals surface area (Å²) in [4.78, 5) is -2.44. The molecular weight excluding hydrogens is 253 g/mol. The molecule has 0 aliphatic rings. The van der Waals surface area contributed by atoms with E-state index in [1.165, 1.54) is 0 Å². The molecule has 0 atom stereocenters. The van der Waals surface area contributed by atoms with E-state index in [1.807, 2.05) is 0 Å². The van der Waals surface area contributed by atoms with Crippen LogP contribution in [0.15, 0.2) is 9.79 Å². The third kappa shape index (κ3) is 1.97. The summed E-state index contributed by atoms with van der Waals surface area (Å²) in [6.07, 6.45) is 0. The summed E-state index contributed by atoms with van der Waals surface area (Å²) < 4.78 is 68.9. The number of hydrogen-bond donors (Lipinski definition) is 2. The summed E-state index contributed by atoms with van der Waals surface area (Å²) in [6, 6.07) is 0. The largest absolute Gasteiger partial charge is 0.298 e. The van der Waals surface area contributed by atoms with Crippen LogP contribution in [0, 0.1) is 24.4 Å². The molecule has 1 aromatic rings. The van der Waals surface area contributed by atoms with E-state index in [0.717, 1.165) is 6.92 Å². The minimum absolute atomic E-state index is 0.704. The third-order valence-corrected chi connectivity index (χ3v) is 3.20. The second-order valence-corrected chi connectivity index (χ2v) is 4.53. The highest BCUT2D eigenvalue weighted by Gasteiger charge is 2.28.